The van der Waals surface area contributed by atoms with Crippen molar-refractivity contribution in [3.05, 3.63) is 83.4 Å². The number of hydrogen-bond donors (Lipinski definition) is 1. The molecule has 0 saturated heterocycles. The van der Waals surface area contributed by atoms with E-state index in [2.05, 4.69) is 15.5 Å². The molecule has 0 fully saturated rings. The molecule has 1 amide bonds. The fourth-order valence-corrected chi connectivity index (χ4v) is 2.24. The average molecular weight is 325 g/mol. The van der Waals surface area contributed by atoms with Crippen LogP contribution in [0.15, 0.2) is 72.4 Å². The first kappa shape index (κ1) is 15.0. The Kier molecular flexibility index (Phi) is 4.49. The van der Waals surface area contributed by atoms with Crippen LogP contribution in [-0.4, -0.2) is 21.7 Å². The Morgan fingerprint density at radius 3 is 2.65 bits per heavy atom. The number of hydrogen-bond acceptors (Lipinski definition) is 3. The molecular weight excluding hydrogens is 312 g/mol. The maximum Gasteiger partial charge on any atom is 0.272 e. The predicted molar refractivity (Wildman–Crippen MR) is 90.1 cm³/mol. The highest BCUT2D eigenvalue weighted by Crippen LogP contribution is 2.14. The number of hydrazone groups is 1. The van der Waals surface area contributed by atoms with Crippen LogP contribution in [0.4, 0.5) is 0 Å². The summed E-state index contributed by atoms with van der Waals surface area (Å²) in [6.07, 6.45) is 6.89. The van der Waals surface area contributed by atoms with E-state index in [0.29, 0.717) is 10.6 Å². The number of aromatic nitrogens is 2. The van der Waals surface area contributed by atoms with Gasteiger partial charge in [-0.25, -0.2) is 10.4 Å². The quantitative estimate of drug-likeness (QED) is 0.591. The third kappa shape index (κ3) is 3.64. The molecule has 0 spiro atoms. The van der Waals surface area contributed by atoms with Gasteiger partial charge >= 0.3 is 0 Å². The lowest BCUT2D eigenvalue weighted by atomic mass is 10.2. The van der Waals surface area contributed by atoms with Crippen molar-refractivity contribution in [1.82, 2.24) is 15.0 Å². The highest BCUT2D eigenvalue weighted by Gasteiger charge is 2.07. The summed E-state index contributed by atoms with van der Waals surface area (Å²) < 4.78 is 1.90. The molecule has 1 aromatic heterocycles. The van der Waals surface area contributed by atoms with Crippen molar-refractivity contribution in [3.63, 3.8) is 0 Å². The number of rotatable bonds is 4. The van der Waals surface area contributed by atoms with Crippen LogP contribution < -0.4 is 5.43 Å². The monoisotopic (exact) mass is 324 g/mol. The summed E-state index contributed by atoms with van der Waals surface area (Å²) in [5.41, 5.74) is 4.72. The Hall–Kier alpha value is -2.92. The highest BCUT2D eigenvalue weighted by atomic mass is 35.5. The van der Waals surface area contributed by atoms with E-state index in [0.717, 1.165) is 11.3 Å². The SMILES string of the molecule is O=C(NN=Cc1ccc(-n2ccnc2)cc1)c1ccccc1Cl. The molecule has 0 bridgehead atoms. The van der Waals surface area contributed by atoms with Gasteiger partial charge in [-0.1, -0.05) is 35.9 Å². The van der Waals surface area contributed by atoms with Gasteiger partial charge in [0.25, 0.3) is 5.91 Å². The fraction of sp³-hybridized carbons (Fsp3) is 0. The van der Waals surface area contributed by atoms with Crippen LogP contribution in [0, 0.1) is 0 Å². The van der Waals surface area contributed by atoms with Crippen molar-refractivity contribution in [2.24, 2.45) is 5.10 Å². The van der Waals surface area contributed by atoms with Crippen molar-refractivity contribution in [2.45, 2.75) is 0 Å². The van der Waals surface area contributed by atoms with Crippen LogP contribution in [0.2, 0.25) is 5.02 Å². The zero-order chi connectivity index (χ0) is 16.1. The highest BCUT2D eigenvalue weighted by molar-refractivity contribution is 6.33. The maximum atomic E-state index is 11.9. The molecule has 6 heteroatoms. The molecule has 1 N–H and O–H groups in total. The average Bonchev–Trinajstić information content (AvgIpc) is 3.10. The molecule has 5 nitrogen and oxygen atoms in total. The zero-order valence-corrected chi connectivity index (χ0v) is 12.8. The van der Waals surface area contributed by atoms with Crippen LogP contribution in [0.3, 0.4) is 0 Å². The topological polar surface area (TPSA) is 59.3 Å². The number of carbonyl (C=O) groups is 1. The van der Waals surface area contributed by atoms with E-state index >= 15 is 0 Å². The van der Waals surface area contributed by atoms with E-state index in [4.69, 9.17) is 11.6 Å². The Bertz CT molecular complexity index is 826. The number of imidazole rings is 1. The predicted octanol–water partition coefficient (Wildman–Crippen LogP) is 3.29. The molecule has 0 aliphatic rings. The molecule has 2 aromatic carbocycles. The van der Waals surface area contributed by atoms with Crippen LogP contribution in [0.25, 0.3) is 5.69 Å². The molecule has 0 radical (unpaired) electrons. The molecule has 1 heterocycles. The summed E-state index contributed by atoms with van der Waals surface area (Å²) >= 11 is 5.96. The molecule has 3 aromatic rings. The van der Waals surface area contributed by atoms with Crippen LogP contribution in [0.5, 0.6) is 0 Å². The van der Waals surface area contributed by atoms with Crippen molar-refractivity contribution in [2.75, 3.05) is 0 Å². The second-order valence-electron chi connectivity index (χ2n) is 4.74. The molecule has 3 rings (SSSR count). The molecule has 114 valence electrons. The summed E-state index contributed by atoms with van der Waals surface area (Å²) in [6.45, 7) is 0. The van der Waals surface area contributed by atoms with E-state index in [1.165, 1.54) is 0 Å². The normalized spacial score (nSPS) is 10.8. The van der Waals surface area contributed by atoms with Gasteiger partial charge in [0.05, 0.1) is 23.1 Å². The van der Waals surface area contributed by atoms with Crippen LogP contribution in [0.1, 0.15) is 15.9 Å². The lowest BCUT2D eigenvalue weighted by Gasteiger charge is -2.03. The van der Waals surface area contributed by atoms with E-state index in [-0.39, 0.29) is 5.91 Å². The third-order valence-electron chi connectivity index (χ3n) is 3.19. The lowest BCUT2D eigenvalue weighted by molar-refractivity contribution is 0.0955. The second kappa shape index (κ2) is 6.89. The number of nitrogens with one attached hydrogen (secondary N) is 1. The first-order chi connectivity index (χ1) is 11.2. The lowest BCUT2D eigenvalue weighted by Crippen LogP contribution is -2.17. The van der Waals surface area contributed by atoms with Crippen LogP contribution in [-0.2, 0) is 0 Å². The third-order valence-corrected chi connectivity index (χ3v) is 3.52. The van der Waals surface area contributed by atoms with E-state index < -0.39 is 0 Å². The van der Waals surface area contributed by atoms with E-state index in [1.54, 1.807) is 43.0 Å². The minimum Gasteiger partial charge on any atom is -0.306 e. The molecule has 0 aliphatic heterocycles. The largest absolute Gasteiger partial charge is 0.306 e. The van der Waals surface area contributed by atoms with Gasteiger partial charge in [-0.05, 0) is 29.8 Å². The number of carbonyl (C=O) groups excluding carboxylic acids is 1. The van der Waals surface area contributed by atoms with E-state index in [1.807, 2.05) is 35.0 Å². The summed E-state index contributed by atoms with van der Waals surface area (Å²) in [4.78, 5) is 15.9. The molecule has 0 saturated carbocycles. The number of halogens is 1. The molecule has 23 heavy (non-hydrogen) atoms. The van der Waals surface area contributed by atoms with Gasteiger partial charge in [-0.15, -0.1) is 0 Å². The summed E-state index contributed by atoms with van der Waals surface area (Å²) in [6, 6.07) is 14.5. The maximum absolute atomic E-state index is 11.9. The standard InChI is InChI=1S/C17H13ClN4O/c18-16-4-2-1-3-15(16)17(23)21-20-11-13-5-7-14(8-6-13)22-10-9-19-12-22/h1-12H,(H,21,23). The number of nitrogens with zero attached hydrogens (tertiary/aromatic N) is 3. The summed E-state index contributed by atoms with van der Waals surface area (Å²) in [5.74, 6) is -0.345. The van der Waals surface area contributed by atoms with Gasteiger partial charge in [0.15, 0.2) is 0 Å². The van der Waals surface area contributed by atoms with Crippen LogP contribution >= 0.6 is 11.6 Å². The fourth-order valence-electron chi connectivity index (χ4n) is 2.02. The molecule has 0 atom stereocenters. The summed E-state index contributed by atoms with van der Waals surface area (Å²) in [5, 5.41) is 4.34. The van der Waals surface area contributed by atoms with Gasteiger partial charge in [0.2, 0.25) is 0 Å². The number of benzene rings is 2. The first-order valence-electron chi connectivity index (χ1n) is 6.90. The minimum absolute atomic E-state index is 0.345. The Morgan fingerprint density at radius 1 is 1.17 bits per heavy atom. The molecule has 0 aliphatic carbocycles. The Morgan fingerprint density at radius 2 is 1.96 bits per heavy atom. The minimum atomic E-state index is -0.345. The van der Waals surface area contributed by atoms with Crippen molar-refractivity contribution in [1.29, 1.82) is 0 Å². The van der Waals surface area contributed by atoms with Crippen molar-refractivity contribution in [3.8, 4) is 5.69 Å². The van der Waals surface area contributed by atoms with Crippen molar-refractivity contribution < 1.29 is 4.79 Å². The van der Waals surface area contributed by atoms with Gasteiger partial charge in [-0.3, -0.25) is 4.79 Å². The second-order valence-corrected chi connectivity index (χ2v) is 5.15. The first-order valence-corrected chi connectivity index (χ1v) is 7.28. The van der Waals surface area contributed by atoms with Crippen molar-refractivity contribution >= 4 is 23.7 Å². The Labute approximate surface area is 138 Å². The molecule has 0 unspecified atom stereocenters. The van der Waals surface area contributed by atoms with Gasteiger partial charge in [0, 0.05) is 18.1 Å². The van der Waals surface area contributed by atoms with Gasteiger partial charge < -0.3 is 4.57 Å². The Balaban J connectivity index is 1.64. The van der Waals surface area contributed by atoms with Gasteiger partial charge in [-0.2, -0.15) is 5.10 Å². The number of amides is 1. The smallest absolute Gasteiger partial charge is 0.272 e. The summed E-state index contributed by atoms with van der Waals surface area (Å²) in [7, 11) is 0. The molecular formula is C17H13ClN4O. The van der Waals surface area contributed by atoms with Gasteiger partial charge in [0.1, 0.15) is 0 Å². The zero-order valence-electron chi connectivity index (χ0n) is 12.1. The van der Waals surface area contributed by atoms with E-state index in [9.17, 15) is 4.79 Å².